The molecule has 0 unspecified atom stereocenters. The number of rotatable bonds is 0. The standard InChI is InChI=1S/C16H16N2/c1-10-3-6-14-13(9-10)12-5-4-11-7-8-17-15(11)16(12)18(14)2/h3,6-7,9H,4-5,8H2,1-2H3. The number of aliphatic imine (C=N–C) groups is 1. The van der Waals surface area contributed by atoms with Crippen LogP contribution in [0.5, 0.6) is 0 Å². The van der Waals surface area contributed by atoms with E-state index in [4.69, 9.17) is 0 Å². The Bertz CT molecular complexity index is 729. The molecule has 2 aromatic rings. The quantitative estimate of drug-likeness (QED) is 0.668. The fraction of sp³-hybridized carbons (Fsp3) is 0.312. The first kappa shape index (κ1) is 10.1. The van der Waals surface area contributed by atoms with E-state index in [1.807, 2.05) is 0 Å². The molecule has 2 aliphatic rings. The lowest BCUT2D eigenvalue weighted by Gasteiger charge is -2.16. The van der Waals surface area contributed by atoms with E-state index in [0.29, 0.717) is 0 Å². The van der Waals surface area contributed by atoms with Gasteiger partial charge in [-0.15, -0.1) is 0 Å². The van der Waals surface area contributed by atoms with Gasteiger partial charge in [-0.1, -0.05) is 17.7 Å². The van der Waals surface area contributed by atoms with Gasteiger partial charge in [0.05, 0.1) is 18.0 Å². The Hall–Kier alpha value is -1.83. The van der Waals surface area contributed by atoms with Gasteiger partial charge in [-0.25, -0.2) is 0 Å². The SMILES string of the molecule is Cc1ccc2c(c1)c1c(n2C)C2=NCC=C2CC1. The Balaban J connectivity index is 2.12. The van der Waals surface area contributed by atoms with Gasteiger partial charge in [-0.3, -0.25) is 4.99 Å². The molecule has 0 amide bonds. The van der Waals surface area contributed by atoms with Gasteiger partial charge < -0.3 is 4.57 Å². The fourth-order valence-electron chi connectivity index (χ4n) is 3.34. The van der Waals surface area contributed by atoms with Crippen molar-refractivity contribution in [2.75, 3.05) is 6.54 Å². The predicted molar refractivity (Wildman–Crippen MR) is 75.5 cm³/mol. The largest absolute Gasteiger partial charge is 0.342 e. The van der Waals surface area contributed by atoms with Crippen molar-refractivity contribution in [2.45, 2.75) is 19.8 Å². The summed E-state index contributed by atoms with van der Waals surface area (Å²) < 4.78 is 2.32. The van der Waals surface area contributed by atoms with Crippen molar-refractivity contribution in [3.8, 4) is 0 Å². The van der Waals surface area contributed by atoms with Gasteiger partial charge in [0, 0.05) is 18.0 Å². The second kappa shape index (κ2) is 3.35. The fourth-order valence-corrected chi connectivity index (χ4v) is 3.34. The summed E-state index contributed by atoms with van der Waals surface area (Å²) in [5.74, 6) is 0. The molecule has 1 aliphatic heterocycles. The average Bonchev–Trinajstić information content (AvgIpc) is 2.93. The summed E-state index contributed by atoms with van der Waals surface area (Å²) in [4.78, 5) is 4.68. The molecule has 1 aliphatic carbocycles. The number of hydrogen-bond donors (Lipinski definition) is 0. The Morgan fingerprint density at radius 1 is 1.22 bits per heavy atom. The Morgan fingerprint density at radius 2 is 2.11 bits per heavy atom. The van der Waals surface area contributed by atoms with E-state index < -0.39 is 0 Å². The molecular formula is C16H16N2. The highest BCUT2D eigenvalue weighted by molar-refractivity contribution is 6.17. The molecule has 0 bridgehead atoms. The second-order valence-electron chi connectivity index (χ2n) is 5.33. The van der Waals surface area contributed by atoms with Crippen LogP contribution in [0.2, 0.25) is 0 Å². The minimum absolute atomic E-state index is 0.866. The Morgan fingerprint density at radius 3 is 3.00 bits per heavy atom. The number of hydrogen-bond acceptors (Lipinski definition) is 1. The van der Waals surface area contributed by atoms with Crippen LogP contribution in [0, 0.1) is 6.92 Å². The van der Waals surface area contributed by atoms with E-state index in [9.17, 15) is 0 Å². The zero-order chi connectivity index (χ0) is 12.3. The van der Waals surface area contributed by atoms with Gasteiger partial charge in [0.1, 0.15) is 0 Å². The van der Waals surface area contributed by atoms with E-state index >= 15 is 0 Å². The highest BCUT2D eigenvalue weighted by Crippen LogP contribution is 2.35. The van der Waals surface area contributed by atoms with E-state index in [1.54, 1.807) is 0 Å². The van der Waals surface area contributed by atoms with Gasteiger partial charge in [0.2, 0.25) is 0 Å². The molecule has 1 aromatic heterocycles. The molecule has 2 heteroatoms. The lowest BCUT2D eigenvalue weighted by Crippen LogP contribution is -2.15. The number of allylic oxidation sites excluding steroid dienone is 1. The summed E-state index contributed by atoms with van der Waals surface area (Å²) in [7, 11) is 2.17. The van der Waals surface area contributed by atoms with Crippen molar-refractivity contribution in [1.29, 1.82) is 0 Å². The smallest absolute Gasteiger partial charge is 0.0847 e. The maximum Gasteiger partial charge on any atom is 0.0847 e. The molecule has 2 nitrogen and oxygen atoms in total. The van der Waals surface area contributed by atoms with Crippen molar-refractivity contribution >= 4 is 16.6 Å². The molecule has 2 heterocycles. The van der Waals surface area contributed by atoms with Gasteiger partial charge in [0.25, 0.3) is 0 Å². The van der Waals surface area contributed by atoms with Crippen molar-refractivity contribution in [3.63, 3.8) is 0 Å². The van der Waals surface area contributed by atoms with Crippen LogP contribution in [-0.2, 0) is 13.5 Å². The van der Waals surface area contributed by atoms with Crippen molar-refractivity contribution in [1.82, 2.24) is 4.57 Å². The van der Waals surface area contributed by atoms with Crippen LogP contribution < -0.4 is 0 Å². The van der Waals surface area contributed by atoms with Crippen LogP contribution in [0.1, 0.15) is 23.2 Å². The number of benzene rings is 1. The third-order valence-corrected chi connectivity index (χ3v) is 4.22. The van der Waals surface area contributed by atoms with E-state index in [-0.39, 0.29) is 0 Å². The van der Waals surface area contributed by atoms with E-state index in [1.165, 1.54) is 39.0 Å². The van der Waals surface area contributed by atoms with Crippen molar-refractivity contribution in [3.05, 3.63) is 46.7 Å². The summed E-state index contributed by atoms with van der Waals surface area (Å²) in [6.45, 7) is 3.03. The zero-order valence-electron chi connectivity index (χ0n) is 10.8. The second-order valence-corrected chi connectivity index (χ2v) is 5.33. The number of aryl methyl sites for hydroxylation is 3. The molecule has 1 aromatic carbocycles. The molecular weight excluding hydrogens is 220 g/mol. The first-order chi connectivity index (χ1) is 8.75. The number of fused-ring (bicyclic) bond motifs is 5. The number of nitrogens with zero attached hydrogens (tertiary/aromatic N) is 2. The molecule has 4 rings (SSSR count). The van der Waals surface area contributed by atoms with Crippen LogP contribution in [0.3, 0.4) is 0 Å². The Labute approximate surface area is 107 Å². The van der Waals surface area contributed by atoms with Crippen LogP contribution >= 0.6 is 0 Å². The van der Waals surface area contributed by atoms with Crippen molar-refractivity contribution in [2.24, 2.45) is 12.0 Å². The normalized spacial score (nSPS) is 17.4. The van der Waals surface area contributed by atoms with Crippen LogP contribution in [0.4, 0.5) is 0 Å². The maximum atomic E-state index is 4.68. The first-order valence-electron chi connectivity index (χ1n) is 6.58. The first-order valence-corrected chi connectivity index (χ1v) is 6.58. The summed E-state index contributed by atoms with van der Waals surface area (Å²) in [6.07, 6.45) is 4.58. The lowest BCUT2D eigenvalue weighted by atomic mass is 9.90. The van der Waals surface area contributed by atoms with Gasteiger partial charge >= 0.3 is 0 Å². The molecule has 0 N–H and O–H groups in total. The summed E-state index contributed by atoms with van der Waals surface area (Å²) in [5, 5.41) is 1.42. The molecule has 0 saturated heterocycles. The average molecular weight is 236 g/mol. The Kier molecular flexibility index (Phi) is 1.88. The minimum atomic E-state index is 0.866. The lowest BCUT2D eigenvalue weighted by molar-refractivity contribution is 0.893. The molecule has 0 atom stereocenters. The molecule has 0 saturated carbocycles. The monoisotopic (exact) mass is 236 g/mol. The highest BCUT2D eigenvalue weighted by atomic mass is 15.0. The predicted octanol–water partition coefficient (Wildman–Crippen LogP) is 3.16. The van der Waals surface area contributed by atoms with Crippen molar-refractivity contribution < 1.29 is 0 Å². The van der Waals surface area contributed by atoms with Gasteiger partial charge in [-0.2, -0.15) is 0 Å². The summed E-state index contributed by atoms with van der Waals surface area (Å²) in [6, 6.07) is 6.75. The highest BCUT2D eigenvalue weighted by Gasteiger charge is 2.27. The van der Waals surface area contributed by atoms with Crippen LogP contribution in [0.25, 0.3) is 10.9 Å². The third kappa shape index (κ3) is 1.15. The van der Waals surface area contributed by atoms with Gasteiger partial charge in [-0.05, 0) is 43.0 Å². The topological polar surface area (TPSA) is 17.3 Å². The zero-order valence-corrected chi connectivity index (χ0v) is 10.8. The molecule has 18 heavy (non-hydrogen) atoms. The third-order valence-electron chi connectivity index (χ3n) is 4.22. The van der Waals surface area contributed by atoms with E-state index in [0.717, 1.165) is 19.4 Å². The summed E-state index contributed by atoms with van der Waals surface area (Å²) in [5.41, 5.74) is 8.21. The number of aromatic nitrogens is 1. The summed E-state index contributed by atoms with van der Waals surface area (Å²) >= 11 is 0. The molecule has 0 radical (unpaired) electrons. The minimum Gasteiger partial charge on any atom is -0.342 e. The molecule has 90 valence electrons. The molecule has 0 spiro atoms. The van der Waals surface area contributed by atoms with Gasteiger partial charge in [0.15, 0.2) is 0 Å². The van der Waals surface area contributed by atoms with E-state index in [2.05, 4.69) is 47.8 Å². The molecule has 0 fully saturated rings. The maximum absolute atomic E-state index is 4.68. The van der Waals surface area contributed by atoms with Crippen LogP contribution in [0.15, 0.2) is 34.8 Å². The van der Waals surface area contributed by atoms with Crippen LogP contribution in [-0.4, -0.2) is 16.8 Å².